The van der Waals surface area contributed by atoms with E-state index in [1.165, 1.54) is 31.6 Å². The van der Waals surface area contributed by atoms with Crippen LogP contribution in [-0.4, -0.2) is 48.0 Å². The zero-order valence-electron chi connectivity index (χ0n) is 20.2. The smallest absolute Gasteiger partial charge is 0.347 e. The van der Waals surface area contributed by atoms with E-state index in [0.29, 0.717) is 33.8 Å². The van der Waals surface area contributed by atoms with Crippen LogP contribution in [-0.2, 0) is 11.5 Å². The van der Waals surface area contributed by atoms with Gasteiger partial charge in [-0.2, -0.15) is 5.10 Å². The van der Waals surface area contributed by atoms with Crippen LogP contribution >= 0.6 is 0 Å². The molecule has 0 fully saturated rings. The molecule has 0 unspecified atom stereocenters. The van der Waals surface area contributed by atoms with Gasteiger partial charge in [0.05, 0.1) is 21.3 Å². The molecule has 180 valence electrons. The van der Waals surface area contributed by atoms with Crippen molar-refractivity contribution < 1.29 is 33.3 Å². The van der Waals surface area contributed by atoms with Gasteiger partial charge in [-0.25, -0.2) is 19.3 Å². The summed E-state index contributed by atoms with van der Waals surface area (Å²) >= 11 is 0. The van der Waals surface area contributed by atoms with E-state index < -0.39 is 11.9 Å². The summed E-state index contributed by atoms with van der Waals surface area (Å²) in [6, 6.07) is 3.35. The first-order valence-corrected chi connectivity index (χ1v) is 10.4. The van der Waals surface area contributed by atoms with Gasteiger partial charge in [-0.05, 0) is 51.0 Å². The van der Waals surface area contributed by atoms with Crippen LogP contribution in [0.2, 0.25) is 0 Å². The van der Waals surface area contributed by atoms with E-state index >= 15 is 0 Å². The molecular formula is C24H27N3O7. The second kappa shape index (κ2) is 10.2. The molecule has 0 N–H and O–H groups in total. The second-order valence-corrected chi connectivity index (χ2v) is 7.54. The van der Waals surface area contributed by atoms with Crippen molar-refractivity contribution in [2.45, 2.75) is 34.4 Å². The fraction of sp³-hybridized carbons (Fsp3) is 0.333. The third-order valence-corrected chi connectivity index (χ3v) is 5.39. The molecule has 10 heteroatoms. The van der Waals surface area contributed by atoms with Gasteiger partial charge in [-0.3, -0.25) is 0 Å². The Morgan fingerprint density at radius 2 is 1.47 bits per heavy atom. The maximum absolute atomic E-state index is 13.3. The largest absolute Gasteiger partial charge is 0.496 e. The van der Waals surface area contributed by atoms with Crippen LogP contribution in [0.1, 0.15) is 43.0 Å². The quantitative estimate of drug-likeness (QED) is 0.361. The second-order valence-electron chi connectivity index (χ2n) is 7.54. The number of esters is 2. The maximum Gasteiger partial charge on any atom is 0.347 e. The normalized spacial score (nSPS) is 10.6. The average Bonchev–Trinajstić information content (AvgIpc) is 3.34. The molecule has 0 atom stereocenters. The van der Waals surface area contributed by atoms with Gasteiger partial charge in [0.1, 0.15) is 46.8 Å². The molecular weight excluding hydrogens is 442 g/mol. The minimum absolute atomic E-state index is 0.00766. The van der Waals surface area contributed by atoms with E-state index in [1.54, 1.807) is 46.9 Å². The number of hydrogen-bond acceptors (Lipinski definition) is 9. The average molecular weight is 469 g/mol. The van der Waals surface area contributed by atoms with Crippen LogP contribution in [0.3, 0.4) is 0 Å². The van der Waals surface area contributed by atoms with Crippen molar-refractivity contribution in [3.8, 4) is 23.0 Å². The molecule has 3 rings (SSSR count). The predicted molar refractivity (Wildman–Crippen MR) is 122 cm³/mol. The van der Waals surface area contributed by atoms with E-state index in [1.807, 2.05) is 0 Å². The molecule has 3 aromatic rings. The molecule has 10 nitrogen and oxygen atoms in total. The Hall–Kier alpha value is -4.08. The Morgan fingerprint density at radius 1 is 0.853 bits per heavy atom. The zero-order valence-corrected chi connectivity index (χ0v) is 20.2. The Kier molecular flexibility index (Phi) is 7.40. The Balaban J connectivity index is 2.04. The summed E-state index contributed by atoms with van der Waals surface area (Å²) in [6.07, 6.45) is 2.85. The summed E-state index contributed by atoms with van der Waals surface area (Å²) in [5, 5.41) is 3.99. The molecule has 0 aliphatic carbocycles. The maximum atomic E-state index is 13.3. The van der Waals surface area contributed by atoms with Gasteiger partial charge in [0.25, 0.3) is 0 Å². The number of methoxy groups -OCH3 is 3. The van der Waals surface area contributed by atoms with Gasteiger partial charge in [0, 0.05) is 11.1 Å². The highest BCUT2D eigenvalue weighted by Gasteiger charge is 2.26. The van der Waals surface area contributed by atoms with Crippen LogP contribution in [0, 0.1) is 27.7 Å². The third kappa shape index (κ3) is 4.66. The molecule has 0 radical (unpaired) electrons. The van der Waals surface area contributed by atoms with Gasteiger partial charge >= 0.3 is 11.9 Å². The minimum atomic E-state index is -0.615. The topological polar surface area (TPSA) is 111 Å². The minimum Gasteiger partial charge on any atom is -0.496 e. The standard InChI is InChI=1S/C24H27N3O7/c1-13-8-17(30-5)15(3)21(31-6)19(13)24(29)34-18-9-14(2)20(23(28)32-7)22(16(18)4)33-12-27-11-25-10-26-27/h8-11H,12H2,1-7H3. The number of aryl methyl sites for hydroxylation is 2. The Morgan fingerprint density at radius 3 is 2.03 bits per heavy atom. The SMILES string of the molecule is COC(=O)c1c(C)cc(OC(=O)c2c(C)cc(OC)c(C)c2OC)c(C)c1OCn1cncn1. The lowest BCUT2D eigenvalue weighted by Gasteiger charge is -2.19. The van der Waals surface area contributed by atoms with Gasteiger partial charge in [-0.15, -0.1) is 0 Å². The molecule has 0 bridgehead atoms. The molecule has 1 aromatic heterocycles. The highest BCUT2D eigenvalue weighted by molar-refractivity contribution is 5.98. The first-order valence-electron chi connectivity index (χ1n) is 10.4. The van der Waals surface area contributed by atoms with E-state index in [-0.39, 0.29) is 29.4 Å². The number of nitrogens with zero attached hydrogens (tertiary/aromatic N) is 3. The van der Waals surface area contributed by atoms with Crippen molar-refractivity contribution in [3.63, 3.8) is 0 Å². The van der Waals surface area contributed by atoms with E-state index in [4.69, 9.17) is 23.7 Å². The molecule has 0 aliphatic rings. The molecule has 1 heterocycles. The molecule has 2 aromatic carbocycles. The van der Waals surface area contributed by atoms with Crippen molar-refractivity contribution in [1.29, 1.82) is 0 Å². The molecule has 0 spiro atoms. The van der Waals surface area contributed by atoms with Crippen molar-refractivity contribution in [2.24, 2.45) is 0 Å². The van der Waals surface area contributed by atoms with E-state index in [9.17, 15) is 9.59 Å². The Bertz CT molecular complexity index is 1220. The summed E-state index contributed by atoms with van der Waals surface area (Å²) in [7, 11) is 4.32. The van der Waals surface area contributed by atoms with Crippen molar-refractivity contribution in [1.82, 2.24) is 14.8 Å². The van der Waals surface area contributed by atoms with Crippen LogP contribution in [0.4, 0.5) is 0 Å². The van der Waals surface area contributed by atoms with Gasteiger partial charge in [0.15, 0.2) is 6.73 Å². The molecule has 0 amide bonds. The number of ether oxygens (including phenoxy) is 5. The van der Waals surface area contributed by atoms with E-state index in [0.717, 1.165) is 0 Å². The summed E-state index contributed by atoms with van der Waals surface area (Å²) < 4.78 is 28.9. The fourth-order valence-corrected chi connectivity index (χ4v) is 3.66. The highest BCUT2D eigenvalue weighted by atomic mass is 16.5. The van der Waals surface area contributed by atoms with Crippen LogP contribution in [0.5, 0.6) is 23.0 Å². The number of benzene rings is 2. The van der Waals surface area contributed by atoms with Crippen LogP contribution in [0.15, 0.2) is 24.8 Å². The van der Waals surface area contributed by atoms with Crippen LogP contribution in [0.25, 0.3) is 0 Å². The number of carbonyl (C=O) groups is 2. The lowest BCUT2D eigenvalue weighted by molar-refractivity contribution is 0.0592. The highest BCUT2D eigenvalue weighted by Crippen LogP contribution is 2.38. The lowest BCUT2D eigenvalue weighted by Crippen LogP contribution is -2.16. The number of hydrogen-bond donors (Lipinski definition) is 0. The number of carbonyl (C=O) groups excluding carboxylic acids is 2. The number of rotatable bonds is 8. The number of aromatic nitrogens is 3. The Labute approximate surface area is 197 Å². The van der Waals surface area contributed by atoms with Gasteiger partial charge < -0.3 is 23.7 Å². The third-order valence-electron chi connectivity index (χ3n) is 5.39. The molecule has 0 aliphatic heterocycles. The first-order chi connectivity index (χ1) is 16.2. The molecule has 34 heavy (non-hydrogen) atoms. The summed E-state index contributed by atoms with van der Waals surface area (Å²) in [6.45, 7) is 6.95. The van der Waals surface area contributed by atoms with E-state index in [2.05, 4.69) is 10.1 Å². The molecule has 0 saturated heterocycles. The molecule has 0 saturated carbocycles. The monoisotopic (exact) mass is 469 g/mol. The van der Waals surface area contributed by atoms with Gasteiger partial charge in [0.2, 0.25) is 0 Å². The van der Waals surface area contributed by atoms with Crippen molar-refractivity contribution in [2.75, 3.05) is 21.3 Å². The fourth-order valence-electron chi connectivity index (χ4n) is 3.66. The van der Waals surface area contributed by atoms with Crippen molar-refractivity contribution in [3.05, 3.63) is 58.2 Å². The summed E-state index contributed by atoms with van der Waals surface area (Å²) in [5.41, 5.74) is 2.78. The zero-order chi connectivity index (χ0) is 25.0. The first kappa shape index (κ1) is 24.6. The van der Waals surface area contributed by atoms with Crippen LogP contribution < -0.4 is 18.9 Å². The van der Waals surface area contributed by atoms with Gasteiger partial charge in [-0.1, -0.05) is 0 Å². The lowest BCUT2D eigenvalue weighted by atomic mass is 10.0. The summed E-state index contributed by atoms with van der Waals surface area (Å²) in [5.74, 6) is 0.235. The predicted octanol–water partition coefficient (Wildman–Crippen LogP) is 3.57. The van der Waals surface area contributed by atoms with Crippen molar-refractivity contribution >= 4 is 11.9 Å². The summed E-state index contributed by atoms with van der Waals surface area (Å²) in [4.78, 5) is 29.6.